The molecule has 2 aliphatic carbocycles. The molecule has 2 rings (SSSR count). The number of hydrogen-bond donors (Lipinski definition) is 0. The third kappa shape index (κ3) is 23.4. The van der Waals surface area contributed by atoms with E-state index in [1.54, 1.807) is 0 Å². The van der Waals surface area contributed by atoms with Crippen molar-refractivity contribution in [3.8, 4) is 0 Å². The van der Waals surface area contributed by atoms with Crippen molar-refractivity contribution in [3.63, 3.8) is 0 Å². The fraction of sp³-hybridized carbons (Fsp3) is 1.00. The molecule has 5 nitrogen and oxygen atoms in total. The molecular formula is C27H61N5Si3U. The topological polar surface area (TPSA) is 59.6 Å². The maximum absolute atomic E-state index is 5.00. The van der Waals surface area contributed by atoms with Gasteiger partial charge in [-0.1, -0.05) is 148 Å². The minimum absolute atomic E-state index is 0. The van der Waals surface area contributed by atoms with Crippen molar-refractivity contribution in [2.24, 2.45) is 0 Å². The van der Waals surface area contributed by atoms with Crippen LogP contribution < -0.4 is 0 Å². The second kappa shape index (κ2) is 19.6. The van der Waals surface area contributed by atoms with Crippen molar-refractivity contribution in [1.82, 2.24) is 4.90 Å². The predicted molar refractivity (Wildman–Crippen MR) is 168 cm³/mol. The van der Waals surface area contributed by atoms with Crippen LogP contribution >= 0.6 is 0 Å². The molecule has 0 heterocycles. The van der Waals surface area contributed by atoms with Crippen LogP contribution in [0.4, 0.5) is 0 Å². The molecule has 0 bridgehead atoms. The van der Waals surface area contributed by atoms with E-state index in [1.165, 1.54) is 64.2 Å². The van der Waals surface area contributed by atoms with Crippen LogP contribution in [0.25, 0.3) is 20.3 Å². The smallest absolute Gasteiger partial charge is 0.664 e. The summed E-state index contributed by atoms with van der Waals surface area (Å²) < 4.78 is 0. The van der Waals surface area contributed by atoms with Gasteiger partial charge in [0, 0.05) is 0 Å². The van der Waals surface area contributed by atoms with Crippen LogP contribution in [0.15, 0.2) is 0 Å². The second-order valence-corrected chi connectivity index (χ2v) is 27.7. The van der Waals surface area contributed by atoms with Crippen molar-refractivity contribution in [2.75, 3.05) is 39.3 Å². The van der Waals surface area contributed by atoms with Gasteiger partial charge in [-0.25, -0.2) is 0 Å². The fourth-order valence-electron chi connectivity index (χ4n) is 4.67. The van der Waals surface area contributed by atoms with Gasteiger partial charge in [0.25, 0.3) is 0 Å². The average molecular weight is 778 g/mol. The third-order valence-electron chi connectivity index (χ3n) is 6.58. The quantitative estimate of drug-likeness (QED) is 0.163. The number of rotatable bonds is 14. The summed E-state index contributed by atoms with van der Waals surface area (Å²) in [4.78, 5) is 17.1. The Morgan fingerprint density at radius 3 is 1.03 bits per heavy atom. The second-order valence-electron chi connectivity index (χ2n) is 13.7. The maximum atomic E-state index is 5.00. The van der Waals surface area contributed by atoms with E-state index in [1.807, 2.05) is 0 Å². The van der Waals surface area contributed by atoms with Gasteiger partial charge in [0.1, 0.15) is 0 Å². The molecule has 0 N–H and O–H groups in total. The molecule has 0 aromatic carbocycles. The van der Waals surface area contributed by atoms with Crippen molar-refractivity contribution >= 4 is 24.7 Å². The molecule has 0 atom stereocenters. The Balaban J connectivity index is 0.000000738. The van der Waals surface area contributed by atoms with Gasteiger partial charge in [-0.05, 0) is 19.6 Å². The van der Waals surface area contributed by atoms with Crippen LogP contribution in [0.3, 0.4) is 0 Å². The zero-order chi connectivity index (χ0) is 26.4. The van der Waals surface area contributed by atoms with Crippen molar-refractivity contribution in [2.45, 2.75) is 135 Å². The van der Waals surface area contributed by atoms with Crippen LogP contribution in [0, 0.1) is 31.1 Å². The number of nitrogens with zero attached hydrogens (tertiary/aromatic N) is 5. The van der Waals surface area contributed by atoms with Crippen molar-refractivity contribution < 1.29 is 31.1 Å². The average Bonchev–Trinajstić information content (AvgIpc) is 2.73. The first-order chi connectivity index (χ1) is 16.2. The fourth-order valence-corrected chi connectivity index (χ4v) is 6.99. The molecule has 0 saturated heterocycles. The zero-order valence-corrected chi connectivity index (χ0v) is 32.9. The molecule has 2 aliphatic rings. The summed E-state index contributed by atoms with van der Waals surface area (Å²) in [7, 11) is -3.84. The van der Waals surface area contributed by atoms with Gasteiger partial charge in [-0.15, -0.1) is 31.7 Å². The maximum Gasteiger partial charge on any atom is 4.00 e. The molecule has 0 unspecified atom stereocenters. The van der Waals surface area contributed by atoms with Gasteiger partial charge in [0.05, 0.1) is 0 Å². The van der Waals surface area contributed by atoms with Gasteiger partial charge >= 0.3 is 31.1 Å². The van der Waals surface area contributed by atoms with E-state index in [9.17, 15) is 0 Å². The van der Waals surface area contributed by atoms with E-state index in [0.29, 0.717) is 0 Å². The molecule has 0 aromatic heterocycles. The van der Waals surface area contributed by atoms with E-state index in [2.05, 4.69) is 63.8 Å². The SMILES string of the molecule is C1CCC([N-]C2CCCCC2)CC1.C[Si](C)(C)[N-]CCN(CC[N-][Si](C)(C)C)CC[N-][Si](C)(C)C.[U+4]. The molecule has 2 fully saturated rings. The molecule has 0 aromatic rings. The Labute approximate surface area is 253 Å². The summed E-state index contributed by atoms with van der Waals surface area (Å²) in [5.74, 6) is 0. The zero-order valence-electron chi connectivity index (χ0n) is 25.7. The molecular weight excluding hydrogens is 717 g/mol. The first kappa shape index (κ1) is 37.5. The Hall–Kier alpha value is 1.50. The van der Waals surface area contributed by atoms with E-state index >= 15 is 0 Å². The van der Waals surface area contributed by atoms with Crippen molar-refractivity contribution in [3.05, 3.63) is 20.3 Å². The Bertz CT molecular complexity index is 459. The van der Waals surface area contributed by atoms with Gasteiger partial charge in [-0.2, -0.15) is 0 Å². The first-order valence-electron chi connectivity index (χ1n) is 14.7. The molecule has 210 valence electrons. The van der Waals surface area contributed by atoms with Gasteiger partial charge < -0.3 is 25.2 Å². The minimum atomic E-state index is -1.28. The third-order valence-corrected chi connectivity index (χ3v) is 10.1. The predicted octanol–water partition coefficient (Wildman–Crippen LogP) is 8.94. The molecule has 0 spiro atoms. The molecule has 9 heteroatoms. The van der Waals surface area contributed by atoms with Gasteiger partial charge in [-0.3, -0.25) is 0 Å². The Kier molecular flexibility index (Phi) is 20.4. The van der Waals surface area contributed by atoms with Gasteiger partial charge in [0.15, 0.2) is 0 Å². The minimum Gasteiger partial charge on any atom is -0.664 e. The van der Waals surface area contributed by atoms with E-state index in [-0.39, 0.29) is 31.1 Å². The largest absolute Gasteiger partial charge is 4.00 e. The van der Waals surface area contributed by atoms with Crippen LogP contribution in [0.5, 0.6) is 0 Å². The first-order valence-corrected chi connectivity index (χ1v) is 25.1. The summed E-state index contributed by atoms with van der Waals surface area (Å²) >= 11 is 0. The normalized spacial score (nSPS) is 18.5. The standard InChI is InChI=1S/C15H39N4Si3.C12H22N.U/c1-20(2,3)16-10-13-19(14-11-17-21(4,5)6)15-12-18-22(7,8)9;1-3-7-11(8-4-1)13-12-9-5-2-6-10-12;/h10-15H2,1-9H3;11-12H,1-10H2;/q-3;-1;+4. The van der Waals surface area contributed by atoms with E-state index in [4.69, 9.17) is 20.3 Å². The Morgan fingerprint density at radius 2 is 0.778 bits per heavy atom. The molecule has 0 amide bonds. The van der Waals surface area contributed by atoms with Gasteiger partial charge in [0.2, 0.25) is 0 Å². The Morgan fingerprint density at radius 1 is 0.500 bits per heavy atom. The summed E-state index contributed by atoms with van der Waals surface area (Å²) in [6, 6.07) is 1.49. The summed E-state index contributed by atoms with van der Waals surface area (Å²) in [5, 5.41) is 5.00. The van der Waals surface area contributed by atoms with Crippen LogP contribution in [-0.4, -0.2) is 81.0 Å². The van der Waals surface area contributed by atoms with Crippen LogP contribution in [-0.2, 0) is 0 Å². The summed E-state index contributed by atoms with van der Waals surface area (Å²) in [5.41, 5.74) is 0. The van der Waals surface area contributed by atoms with Crippen molar-refractivity contribution in [1.29, 1.82) is 0 Å². The summed E-state index contributed by atoms with van der Waals surface area (Å²) in [6.45, 7) is 26.8. The molecule has 2 saturated carbocycles. The van der Waals surface area contributed by atoms with E-state index < -0.39 is 24.7 Å². The molecule has 0 radical (unpaired) electrons. The summed E-state index contributed by atoms with van der Waals surface area (Å²) in [6.07, 6.45) is 14.2. The van der Waals surface area contributed by atoms with E-state index in [0.717, 1.165) is 51.4 Å². The van der Waals surface area contributed by atoms with Crippen LogP contribution in [0.2, 0.25) is 58.9 Å². The molecule has 0 aliphatic heterocycles. The monoisotopic (exact) mass is 777 g/mol. The van der Waals surface area contributed by atoms with Crippen LogP contribution in [0.1, 0.15) is 64.2 Å². The molecule has 36 heavy (non-hydrogen) atoms. The number of hydrogen-bond acceptors (Lipinski definition) is 1.